The highest BCUT2D eigenvalue weighted by Crippen LogP contribution is 2.25. The molecule has 10 heteroatoms. The highest BCUT2D eigenvalue weighted by Gasteiger charge is 2.29. The zero-order valence-electron chi connectivity index (χ0n) is 16.0. The first-order valence-corrected chi connectivity index (χ1v) is 11.9. The number of sulfonamides is 1. The smallest absolute Gasteiger partial charge is 0.308 e. The Labute approximate surface area is 177 Å². The molecule has 1 amide bonds. The summed E-state index contributed by atoms with van der Waals surface area (Å²) in [4.78, 5) is 24.7. The molecule has 0 aliphatic rings. The van der Waals surface area contributed by atoms with Crippen molar-refractivity contribution in [2.24, 2.45) is 0 Å². The largest absolute Gasteiger partial charge is 0.324 e. The predicted octanol–water partition coefficient (Wildman–Crippen LogP) is 3.53. The summed E-state index contributed by atoms with van der Waals surface area (Å²) in [6.45, 7) is 3.96. The van der Waals surface area contributed by atoms with E-state index in [0.717, 1.165) is 32.1 Å². The first kappa shape index (κ1) is 21.4. The predicted molar refractivity (Wildman–Crippen MR) is 119 cm³/mol. The van der Waals surface area contributed by atoms with Gasteiger partial charge in [-0.25, -0.2) is 8.42 Å². The Hall–Kier alpha value is -2.36. The molecule has 1 atom stereocenters. The van der Waals surface area contributed by atoms with Crippen LogP contribution in [0.25, 0.3) is 10.2 Å². The van der Waals surface area contributed by atoms with E-state index in [1.807, 2.05) is 6.92 Å². The maximum atomic E-state index is 12.8. The molecule has 154 valence electrons. The second-order valence-corrected chi connectivity index (χ2v) is 9.78. The van der Waals surface area contributed by atoms with Crippen molar-refractivity contribution in [3.8, 4) is 0 Å². The minimum absolute atomic E-state index is 0.0645. The molecule has 7 nitrogen and oxygen atoms in total. The van der Waals surface area contributed by atoms with Crippen LogP contribution in [0.4, 0.5) is 11.4 Å². The first-order chi connectivity index (χ1) is 13.6. The molecule has 2 aromatic carbocycles. The van der Waals surface area contributed by atoms with Gasteiger partial charge in [-0.05, 0) is 56.3 Å². The van der Waals surface area contributed by atoms with Crippen LogP contribution in [0.2, 0.25) is 5.02 Å². The second kappa shape index (κ2) is 8.17. The topological polar surface area (TPSA) is 88.5 Å². The number of hydrogen-bond donors (Lipinski definition) is 1. The molecule has 0 radical (unpaired) electrons. The summed E-state index contributed by atoms with van der Waals surface area (Å²) in [5, 5.41) is 3.20. The summed E-state index contributed by atoms with van der Waals surface area (Å²) < 4.78 is 28.1. The minimum Gasteiger partial charge on any atom is -0.324 e. The molecule has 0 aliphatic heterocycles. The molecule has 3 aromatic rings. The number of aryl methyl sites for hydroxylation is 1. The molecule has 1 N–H and O–H groups in total. The zero-order valence-corrected chi connectivity index (χ0v) is 18.4. The van der Waals surface area contributed by atoms with Crippen molar-refractivity contribution in [1.82, 2.24) is 4.57 Å². The number of carbonyl (C=O) groups excluding carboxylic acids is 1. The number of nitrogens with one attached hydrogen (secondary N) is 1. The van der Waals surface area contributed by atoms with Crippen molar-refractivity contribution in [2.75, 3.05) is 15.9 Å². The summed E-state index contributed by atoms with van der Waals surface area (Å²) in [7, 11) is -3.72. The average molecular weight is 454 g/mol. The number of halogens is 1. The standard InChI is InChI=1S/C19H20ClN3O4S2/c1-4-22-16-10-7-14(11-17(16)28-19(22)25)21-18(24)12(2)23(29(3,26)27)15-8-5-13(20)6-9-15/h5-12H,4H2,1-3H3,(H,21,24)/t12-/m0/s1. The van der Waals surface area contributed by atoms with Gasteiger partial charge in [-0.3, -0.25) is 18.5 Å². The Morgan fingerprint density at radius 2 is 1.90 bits per heavy atom. The van der Waals surface area contributed by atoms with Gasteiger partial charge in [-0.2, -0.15) is 0 Å². The SMILES string of the molecule is CCn1c(=O)sc2cc(NC(=O)[C@H](C)N(c3ccc(Cl)cc3)S(C)(=O)=O)ccc21. The lowest BCUT2D eigenvalue weighted by Gasteiger charge is -2.28. The van der Waals surface area contributed by atoms with Crippen LogP contribution in [0.5, 0.6) is 0 Å². The summed E-state index contributed by atoms with van der Waals surface area (Å²) in [6, 6.07) is 10.4. The quantitative estimate of drug-likeness (QED) is 0.618. The van der Waals surface area contributed by atoms with Crippen molar-refractivity contribution in [2.45, 2.75) is 26.4 Å². The number of amides is 1. The van der Waals surface area contributed by atoms with Crippen LogP contribution in [0, 0.1) is 0 Å². The van der Waals surface area contributed by atoms with Crippen LogP contribution >= 0.6 is 22.9 Å². The van der Waals surface area contributed by atoms with Gasteiger partial charge in [0.25, 0.3) is 0 Å². The van der Waals surface area contributed by atoms with Crippen LogP contribution in [0.15, 0.2) is 47.3 Å². The lowest BCUT2D eigenvalue weighted by atomic mass is 10.2. The highest BCUT2D eigenvalue weighted by molar-refractivity contribution is 7.92. The van der Waals surface area contributed by atoms with Gasteiger partial charge in [0.1, 0.15) is 6.04 Å². The zero-order chi connectivity index (χ0) is 21.3. The van der Waals surface area contributed by atoms with Crippen LogP contribution in [-0.2, 0) is 21.4 Å². The molecule has 1 aromatic heterocycles. The maximum Gasteiger partial charge on any atom is 0.308 e. The van der Waals surface area contributed by atoms with Gasteiger partial charge in [0.15, 0.2) is 0 Å². The fourth-order valence-corrected chi connectivity index (χ4v) is 5.38. The number of aromatic nitrogens is 1. The van der Waals surface area contributed by atoms with Crippen LogP contribution < -0.4 is 14.5 Å². The van der Waals surface area contributed by atoms with E-state index in [1.165, 1.54) is 6.92 Å². The second-order valence-electron chi connectivity index (χ2n) is 6.50. The molecule has 3 rings (SSSR count). The third kappa shape index (κ3) is 4.47. The van der Waals surface area contributed by atoms with E-state index >= 15 is 0 Å². The minimum atomic E-state index is -3.72. The number of anilines is 2. The maximum absolute atomic E-state index is 12.8. The van der Waals surface area contributed by atoms with E-state index in [4.69, 9.17) is 11.6 Å². The van der Waals surface area contributed by atoms with Gasteiger partial charge >= 0.3 is 4.87 Å². The van der Waals surface area contributed by atoms with Crippen molar-refractivity contribution in [1.29, 1.82) is 0 Å². The number of carbonyl (C=O) groups is 1. The molecule has 0 fully saturated rings. The molecule has 0 aliphatic carbocycles. The van der Waals surface area contributed by atoms with Crippen LogP contribution in [-0.4, -0.2) is 31.2 Å². The van der Waals surface area contributed by atoms with Crippen molar-refractivity contribution < 1.29 is 13.2 Å². The molecule has 29 heavy (non-hydrogen) atoms. The number of nitrogens with zero attached hydrogens (tertiary/aromatic N) is 2. The summed E-state index contributed by atoms with van der Waals surface area (Å²) >= 11 is 6.98. The van der Waals surface area contributed by atoms with E-state index < -0.39 is 22.0 Å². The Balaban J connectivity index is 1.89. The summed E-state index contributed by atoms with van der Waals surface area (Å²) in [5.41, 5.74) is 1.63. The van der Waals surface area contributed by atoms with Gasteiger partial charge in [0.2, 0.25) is 15.9 Å². The Bertz CT molecular complexity index is 1220. The monoisotopic (exact) mass is 453 g/mol. The van der Waals surface area contributed by atoms with E-state index in [1.54, 1.807) is 47.0 Å². The van der Waals surface area contributed by atoms with Crippen LogP contribution in [0.3, 0.4) is 0 Å². The van der Waals surface area contributed by atoms with Crippen molar-refractivity contribution in [3.05, 3.63) is 57.2 Å². The third-order valence-electron chi connectivity index (χ3n) is 4.42. The Morgan fingerprint density at radius 1 is 1.24 bits per heavy atom. The third-order valence-corrected chi connectivity index (χ3v) is 6.86. The van der Waals surface area contributed by atoms with Gasteiger partial charge in [-0.15, -0.1) is 0 Å². The molecule has 0 bridgehead atoms. The van der Waals surface area contributed by atoms with Gasteiger partial charge < -0.3 is 5.32 Å². The summed E-state index contributed by atoms with van der Waals surface area (Å²) in [5.74, 6) is -0.494. The fraction of sp³-hybridized carbons (Fsp3) is 0.263. The molecule has 0 unspecified atom stereocenters. The summed E-state index contributed by atoms with van der Waals surface area (Å²) in [6.07, 6.45) is 1.04. The molecule has 1 heterocycles. The van der Waals surface area contributed by atoms with Crippen molar-refractivity contribution in [3.63, 3.8) is 0 Å². The average Bonchev–Trinajstić information content (AvgIpc) is 2.96. The number of thiazole rings is 1. The molecule has 0 spiro atoms. The molecular formula is C19H20ClN3O4S2. The van der Waals surface area contributed by atoms with E-state index in [0.29, 0.717) is 22.9 Å². The highest BCUT2D eigenvalue weighted by atomic mass is 35.5. The molecule has 0 saturated heterocycles. The van der Waals surface area contributed by atoms with Gasteiger partial charge in [-0.1, -0.05) is 22.9 Å². The number of rotatable bonds is 6. The molecular weight excluding hydrogens is 434 g/mol. The molecule has 0 saturated carbocycles. The Kier molecular flexibility index (Phi) is 6.02. The van der Waals surface area contributed by atoms with Crippen LogP contribution in [0.1, 0.15) is 13.8 Å². The lowest BCUT2D eigenvalue weighted by Crippen LogP contribution is -2.45. The first-order valence-electron chi connectivity index (χ1n) is 8.81. The van der Waals surface area contributed by atoms with E-state index in [2.05, 4.69) is 5.32 Å². The van der Waals surface area contributed by atoms with Gasteiger partial charge in [0, 0.05) is 17.3 Å². The number of hydrogen-bond acceptors (Lipinski definition) is 5. The van der Waals surface area contributed by atoms with E-state index in [9.17, 15) is 18.0 Å². The lowest BCUT2D eigenvalue weighted by molar-refractivity contribution is -0.116. The van der Waals surface area contributed by atoms with E-state index in [-0.39, 0.29) is 4.87 Å². The number of benzene rings is 2. The Morgan fingerprint density at radius 3 is 2.48 bits per heavy atom. The van der Waals surface area contributed by atoms with Gasteiger partial charge in [0.05, 0.1) is 22.2 Å². The van der Waals surface area contributed by atoms with Crippen molar-refractivity contribution >= 4 is 60.5 Å². The number of fused-ring (bicyclic) bond motifs is 1. The fourth-order valence-electron chi connectivity index (χ4n) is 3.09. The normalized spacial score (nSPS) is 12.7.